The van der Waals surface area contributed by atoms with Crippen molar-refractivity contribution in [3.8, 4) is 0 Å². The van der Waals surface area contributed by atoms with Gasteiger partial charge in [-0.25, -0.2) is 0 Å². The van der Waals surface area contributed by atoms with Crippen LogP contribution in [0.1, 0.15) is 31.1 Å². The van der Waals surface area contributed by atoms with Crippen LogP contribution in [0.15, 0.2) is 18.2 Å². The van der Waals surface area contributed by atoms with Crippen molar-refractivity contribution >= 4 is 17.2 Å². The summed E-state index contributed by atoms with van der Waals surface area (Å²) < 4.78 is 5.63. The second-order valence-electron chi connectivity index (χ2n) is 5.18. The molecule has 0 N–H and O–H groups in total. The summed E-state index contributed by atoms with van der Waals surface area (Å²) >= 11 is 0. The predicted molar refractivity (Wildman–Crippen MR) is 75.3 cm³/mol. The van der Waals surface area contributed by atoms with Gasteiger partial charge in [0.15, 0.2) is 5.78 Å². The van der Waals surface area contributed by atoms with Crippen LogP contribution in [0.2, 0.25) is 0 Å². The van der Waals surface area contributed by atoms with Gasteiger partial charge in [-0.15, -0.1) is 0 Å². The normalized spacial score (nSPS) is 22.6. The molecule has 0 aliphatic carbocycles. The zero-order valence-electron chi connectivity index (χ0n) is 11.8. The Balaban J connectivity index is 2.40. The first-order chi connectivity index (χ1) is 9.38. The van der Waals surface area contributed by atoms with Crippen LogP contribution in [-0.2, 0) is 4.74 Å². The zero-order chi connectivity index (χ0) is 14.9. The topological polar surface area (TPSA) is 72.7 Å². The molecule has 0 saturated carbocycles. The van der Waals surface area contributed by atoms with Gasteiger partial charge in [0, 0.05) is 24.7 Å². The lowest BCUT2D eigenvalue weighted by Crippen LogP contribution is -2.45. The molecule has 1 fully saturated rings. The van der Waals surface area contributed by atoms with Gasteiger partial charge >= 0.3 is 0 Å². The number of anilines is 1. The van der Waals surface area contributed by atoms with E-state index in [1.165, 1.54) is 13.0 Å². The first kappa shape index (κ1) is 14.5. The number of rotatable bonds is 3. The minimum Gasteiger partial charge on any atom is -0.372 e. The Morgan fingerprint density at radius 2 is 1.95 bits per heavy atom. The van der Waals surface area contributed by atoms with Gasteiger partial charge in [0.1, 0.15) is 5.69 Å². The molecule has 0 amide bonds. The molecule has 1 saturated heterocycles. The lowest BCUT2D eigenvalue weighted by molar-refractivity contribution is -0.384. The minimum atomic E-state index is -0.438. The Labute approximate surface area is 117 Å². The monoisotopic (exact) mass is 278 g/mol. The molecule has 0 spiro atoms. The molecular weight excluding hydrogens is 260 g/mol. The van der Waals surface area contributed by atoms with E-state index < -0.39 is 4.92 Å². The van der Waals surface area contributed by atoms with Crippen LogP contribution in [0.5, 0.6) is 0 Å². The van der Waals surface area contributed by atoms with E-state index in [-0.39, 0.29) is 23.7 Å². The predicted octanol–water partition coefficient (Wildman–Crippen LogP) is 2.41. The van der Waals surface area contributed by atoms with Crippen molar-refractivity contribution < 1.29 is 14.5 Å². The highest BCUT2D eigenvalue weighted by Crippen LogP contribution is 2.31. The molecule has 0 radical (unpaired) electrons. The number of nitro groups is 1. The molecular formula is C14H18N2O4. The summed E-state index contributed by atoms with van der Waals surface area (Å²) in [4.78, 5) is 24.1. The summed E-state index contributed by atoms with van der Waals surface area (Å²) in [6, 6.07) is 4.64. The highest BCUT2D eigenvalue weighted by Gasteiger charge is 2.27. The Bertz CT molecular complexity index is 534. The van der Waals surface area contributed by atoms with E-state index in [1.54, 1.807) is 12.1 Å². The largest absolute Gasteiger partial charge is 0.372 e. The average molecular weight is 278 g/mol. The van der Waals surface area contributed by atoms with E-state index in [4.69, 9.17) is 4.74 Å². The van der Waals surface area contributed by atoms with Crippen molar-refractivity contribution in [2.75, 3.05) is 18.0 Å². The lowest BCUT2D eigenvalue weighted by Gasteiger charge is -2.36. The second-order valence-corrected chi connectivity index (χ2v) is 5.18. The van der Waals surface area contributed by atoms with Gasteiger partial charge in [-0.3, -0.25) is 14.9 Å². The van der Waals surface area contributed by atoms with E-state index in [1.807, 2.05) is 18.7 Å². The molecule has 6 heteroatoms. The molecule has 2 atom stereocenters. The van der Waals surface area contributed by atoms with Gasteiger partial charge < -0.3 is 9.64 Å². The zero-order valence-corrected chi connectivity index (χ0v) is 11.8. The maximum Gasteiger partial charge on any atom is 0.293 e. The van der Waals surface area contributed by atoms with Crippen molar-refractivity contribution in [3.05, 3.63) is 33.9 Å². The molecule has 1 aromatic rings. The van der Waals surface area contributed by atoms with Gasteiger partial charge in [-0.2, -0.15) is 0 Å². The third-order valence-corrected chi connectivity index (χ3v) is 3.34. The standard InChI is InChI=1S/C14H18N2O4/c1-9-7-15(8-10(2)20-9)13-5-4-12(11(3)17)6-14(13)16(18)19/h4-6,9-10H,7-8H2,1-3H3. The van der Waals surface area contributed by atoms with Gasteiger partial charge in [0.25, 0.3) is 5.69 Å². The Morgan fingerprint density at radius 3 is 2.45 bits per heavy atom. The number of morpholine rings is 1. The maximum atomic E-state index is 11.4. The van der Waals surface area contributed by atoms with E-state index in [9.17, 15) is 14.9 Å². The van der Waals surface area contributed by atoms with Crippen LogP contribution < -0.4 is 4.90 Å². The number of carbonyl (C=O) groups excluding carboxylic acids is 1. The summed E-state index contributed by atoms with van der Waals surface area (Å²) in [6.07, 6.45) is 0.0386. The maximum absolute atomic E-state index is 11.4. The van der Waals surface area contributed by atoms with Crippen LogP contribution in [0.3, 0.4) is 0 Å². The molecule has 6 nitrogen and oxygen atoms in total. The van der Waals surface area contributed by atoms with E-state index in [2.05, 4.69) is 0 Å². The van der Waals surface area contributed by atoms with Gasteiger partial charge in [0.05, 0.1) is 17.1 Å². The third kappa shape index (κ3) is 2.96. The molecule has 20 heavy (non-hydrogen) atoms. The van der Waals surface area contributed by atoms with Crippen molar-refractivity contribution in [1.82, 2.24) is 0 Å². The van der Waals surface area contributed by atoms with E-state index in [0.29, 0.717) is 24.3 Å². The summed E-state index contributed by atoms with van der Waals surface area (Å²) in [7, 11) is 0. The number of nitrogens with zero attached hydrogens (tertiary/aromatic N) is 2. The van der Waals surface area contributed by atoms with Crippen LogP contribution >= 0.6 is 0 Å². The first-order valence-corrected chi connectivity index (χ1v) is 6.58. The number of hydrogen-bond acceptors (Lipinski definition) is 5. The van der Waals surface area contributed by atoms with Crippen LogP contribution in [0, 0.1) is 10.1 Å². The summed E-state index contributed by atoms with van der Waals surface area (Å²) in [5, 5.41) is 11.2. The SMILES string of the molecule is CC(=O)c1ccc(N2CC(C)OC(C)C2)c([N+](=O)[O-])c1. The molecule has 2 unspecified atom stereocenters. The van der Waals surface area contributed by atoms with Gasteiger partial charge in [-0.05, 0) is 32.9 Å². The average Bonchev–Trinajstić information content (AvgIpc) is 2.36. The number of ketones is 1. The van der Waals surface area contributed by atoms with Crippen LogP contribution in [-0.4, -0.2) is 36.0 Å². The quantitative estimate of drug-likeness (QED) is 0.482. The smallest absolute Gasteiger partial charge is 0.293 e. The number of carbonyl (C=O) groups is 1. The van der Waals surface area contributed by atoms with Gasteiger partial charge in [0.2, 0.25) is 0 Å². The molecule has 0 bridgehead atoms. The Morgan fingerprint density at radius 1 is 1.35 bits per heavy atom. The van der Waals surface area contributed by atoms with E-state index in [0.717, 1.165) is 0 Å². The first-order valence-electron chi connectivity index (χ1n) is 6.58. The van der Waals surface area contributed by atoms with Crippen molar-refractivity contribution in [3.63, 3.8) is 0 Å². The van der Waals surface area contributed by atoms with E-state index >= 15 is 0 Å². The molecule has 1 aliphatic heterocycles. The fraction of sp³-hybridized carbons (Fsp3) is 0.500. The highest BCUT2D eigenvalue weighted by atomic mass is 16.6. The number of benzene rings is 1. The number of hydrogen-bond donors (Lipinski definition) is 0. The fourth-order valence-electron chi connectivity index (χ4n) is 2.53. The van der Waals surface area contributed by atoms with Crippen molar-refractivity contribution in [2.45, 2.75) is 33.0 Å². The summed E-state index contributed by atoms with van der Waals surface area (Å²) in [6.45, 7) is 6.49. The molecule has 2 rings (SSSR count). The number of Topliss-reactive ketones (excluding diaryl/α,β-unsaturated/α-hetero) is 1. The number of ether oxygens (including phenoxy) is 1. The minimum absolute atomic E-state index is 0.0193. The summed E-state index contributed by atoms with van der Waals surface area (Å²) in [5.74, 6) is -0.177. The van der Waals surface area contributed by atoms with Crippen LogP contribution in [0.25, 0.3) is 0 Å². The fourth-order valence-corrected chi connectivity index (χ4v) is 2.53. The molecule has 0 aromatic heterocycles. The molecule has 1 heterocycles. The number of nitro benzene ring substituents is 1. The van der Waals surface area contributed by atoms with Crippen LogP contribution in [0.4, 0.5) is 11.4 Å². The highest BCUT2D eigenvalue weighted by molar-refractivity contribution is 5.95. The molecule has 108 valence electrons. The van der Waals surface area contributed by atoms with Crippen molar-refractivity contribution in [1.29, 1.82) is 0 Å². The van der Waals surface area contributed by atoms with Crippen molar-refractivity contribution in [2.24, 2.45) is 0 Å². The van der Waals surface area contributed by atoms with Gasteiger partial charge in [-0.1, -0.05) is 0 Å². The molecule has 1 aromatic carbocycles. The Kier molecular flexibility index (Phi) is 4.04. The third-order valence-electron chi connectivity index (χ3n) is 3.34. The lowest BCUT2D eigenvalue weighted by atomic mass is 10.1. The second kappa shape index (κ2) is 5.58. The molecule has 1 aliphatic rings. The summed E-state index contributed by atoms with van der Waals surface area (Å²) in [5.41, 5.74) is 0.871. The Hall–Kier alpha value is -1.95.